The fourth-order valence-corrected chi connectivity index (χ4v) is 5.66. The van der Waals surface area contributed by atoms with Gasteiger partial charge < -0.3 is 14.4 Å². The Labute approximate surface area is 236 Å². The van der Waals surface area contributed by atoms with E-state index in [4.69, 9.17) is 9.47 Å². The van der Waals surface area contributed by atoms with Gasteiger partial charge in [-0.2, -0.15) is 0 Å². The minimum atomic E-state index is -0.310. The maximum atomic E-state index is 14.0. The number of rotatable bonds is 8. The highest BCUT2D eigenvalue weighted by Crippen LogP contribution is 2.32. The number of ether oxygens (including phenoxy) is 2. The third-order valence-electron chi connectivity index (χ3n) is 7.16. The third-order valence-corrected chi connectivity index (χ3v) is 7.82. The normalized spacial score (nSPS) is 14.6. The molecule has 2 aliphatic rings. The van der Waals surface area contributed by atoms with Crippen LogP contribution in [-0.4, -0.2) is 41.7 Å². The van der Waals surface area contributed by atoms with Crippen LogP contribution in [0.15, 0.2) is 76.9 Å². The lowest BCUT2D eigenvalue weighted by atomic mass is 10.0. The van der Waals surface area contributed by atoms with Crippen LogP contribution in [0.1, 0.15) is 67.9 Å². The van der Waals surface area contributed by atoms with Crippen molar-refractivity contribution in [1.29, 1.82) is 0 Å². The summed E-state index contributed by atoms with van der Waals surface area (Å²) in [5, 5.41) is 0. The Balaban J connectivity index is 1.41. The van der Waals surface area contributed by atoms with Crippen LogP contribution in [0.4, 0.5) is 0 Å². The van der Waals surface area contributed by atoms with Crippen molar-refractivity contribution in [3.05, 3.63) is 105 Å². The number of halogens is 1. The zero-order chi connectivity index (χ0) is 27.5. The first-order valence-electron chi connectivity index (χ1n) is 12.9. The number of allylic oxidation sites excluding steroid dienone is 2. The predicted octanol–water partition coefficient (Wildman–Crippen LogP) is 6.36. The molecule has 1 aliphatic heterocycles. The van der Waals surface area contributed by atoms with Crippen molar-refractivity contribution in [2.24, 2.45) is 0 Å². The van der Waals surface area contributed by atoms with Gasteiger partial charge in [0.1, 0.15) is 11.5 Å². The number of amides is 3. The monoisotopic (exact) mass is 588 g/mol. The van der Waals surface area contributed by atoms with Gasteiger partial charge in [-0.05, 0) is 83.6 Å². The number of hydrogen-bond acceptors (Lipinski definition) is 5. The number of carbonyl (C=O) groups is 3. The molecule has 1 heterocycles. The molecule has 3 amide bonds. The molecule has 5 rings (SSSR count). The van der Waals surface area contributed by atoms with E-state index in [1.807, 2.05) is 23.1 Å². The van der Waals surface area contributed by atoms with Gasteiger partial charge in [0.2, 0.25) is 0 Å². The lowest BCUT2D eigenvalue weighted by Crippen LogP contribution is -2.31. The number of imide groups is 1. The topological polar surface area (TPSA) is 76.2 Å². The van der Waals surface area contributed by atoms with Crippen LogP contribution in [-0.2, 0) is 13.1 Å². The highest BCUT2D eigenvalue weighted by molar-refractivity contribution is 9.10. The molecule has 0 radical (unpaired) electrons. The van der Waals surface area contributed by atoms with Gasteiger partial charge in [-0.1, -0.05) is 24.3 Å². The molecule has 0 bridgehead atoms. The minimum absolute atomic E-state index is 0.122. The van der Waals surface area contributed by atoms with Gasteiger partial charge in [-0.25, -0.2) is 0 Å². The zero-order valence-electron chi connectivity index (χ0n) is 21.9. The van der Waals surface area contributed by atoms with E-state index < -0.39 is 0 Å². The van der Waals surface area contributed by atoms with E-state index >= 15 is 0 Å². The van der Waals surface area contributed by atoms with Gasteiger partial charge in [0.05, 0.1) is 44.0 Å². The van der Waals surface area contributed by atoms with Crippen LogP contribution in [0.5, 0.6) is 11.5 Å². The molecule has 0 aromatic heterocycles. The number of carbonyl (C=O) groups excluding carboxylic acids is 3. The summed E-state index contributed by atoms with van der Waals surface area (Å²) < 4.78 is 11.5. The largest absolute Gasteiger partial charge is 0.497 e. The molecular formula is C31H29BrN2O5. The first-order valence-corrected chi connectivity index (χ1v) is 13.7. The van der Waals surface area contributed by atoms with Crippen LogP contribution in [0.2, 0.25) is 0 Å². The Morgan fingerprint density at radius 3 is 2.31 bits per heavy atom. The Morgan fingerprint density at radius 2 is 1.69 bits per heavy atom. The average Bonchev–Trinajstić information content (AvgIpc) is 3.21. The second-order valence-corrected chi connectivity index (χ2v) is 10.4. The average molecular weight is 589 g/mol. The second-order valence-electron chi connectivity index (χ2n) is 9.57. The summed E-state index contributed by atoms with van der Waals surface area (Å²) in [5.74, 6) is 0.576. The SMILES string of the molecule is COc1ccc(CN(C(=O)c2ccc(CN3C(=O)c4ccccc4C3=O)cc2Br)C2=CCCCC2)c(OC)c1. The van der Waals surface area contributed by atoms with Crippen LogP contribution in [0.25, 0.3) is 0 Å². The van der Waals surface area contributed by atoms with Crippen molar-refractivity contribution < 1.29 is 23.9 Å². The molecule has 0 N–H and O–H groups in total. The standard InChI is InChI=1S/C31H29BrN2O5/c1-38-23-14-13-21(28(17-23)39-2)19-33(22-8-4-3-5-9-22)31(37)26-15-12-20(16-27(26)32)18-34-29(35)24-10-6-7-11-25(24)30(34)36/h6-8,10-17H,3-5,9,18-19H2,1-2H3. The quantitative estimate of drug-likeness (QED) is 0.286. The molecule has 7 nitrogen and oxygen atoms in total. The predicted molar refractivity (Wildman–Crippen MR) is 151 cm³/mol. The number of fused-ring (bicyclic) bond motifs is 1. The van der Waals surface area contributed by atoms with Crippen LogP contribution < -0.4 is 9.47 Å². The summed E-state index contributed by atoms with van der Waals surface area (Å²) in [7, 11) is 3.21. The van der Waals surface area contributed by atoms with Gasteiger partial charge in [-0.3, -0.25) is 19.3 Å². The van der Waals surface area contributed by atoms with Crippen molar-refractivity contribution in [3.8, 4) is 11.5 Å². The second kappa shape index (κ2) is 11.5. The summed E-state index contributed by atoms with van der Waals surface area (Å²) in [6.45, 7) is 0.471. The highest BCUT2D eigenvalue weighted by Gasteiger charge is 2.35. The minimum Gasteiger partial charge on any atom is -0.497 e. The molecule has 0 spiro atoms. The van der Waals surface area contributed by atoms with E-state index in [0.29, 0.717) is 39.2 Å². The molecule has 3 aromatic carbocycles. The van der Waals surface area contributed by atoms with Crippen molar-refractivity contribution in [3.63, 3.8) is 0 Å². The maximum Gasteiger partial charge on any atom is 0.261 e. The number of nitrogens with zero attached hydrogens (tertiary/aromatic N) is 2. The molecule has 200 valence electrons. The fourth-order valence-electron chi connectivity index (χ4n) is 5.06. The Kier molecular flexibility index (Phi) is 7.84. The van der Waals surface area contributed by atoms with Crippen molar-refractivity contribution in [2.45, 2.75) is 38.8 Å². The van der Waals surface area contributed by atoms with E-state index in [2.05, 4.69) is 22.0 Å². The summed E-state index contributed by atoms with van der Waals surface area (Å²) in [6, 6.07) is 17.8. The molecule has 0 saturated carbocycles. The Morgan fingerprint density at radius 1 is 0.949 bits per heavy atom. The summed E-state index contributed by atoms with van der Waals surface area (Å²) >= 11 is 3.58. The number of methoxy groups -OCH3 is 2. The molecule has 3 aromatic rings. The summed E-state index contributed by atoms with van der Waals surface area (Å²) in [4.78, 5) is 42.6. The summed E-state index contributed by atoms with van der Waals surface area (Å²) in [6.07, 6.45) is 6.02. The molecule has 0 fully saturated rings. The van der Waals surface area contributed by atoms with Crippen LogP contribution in [0, 0.1) is 0 Å². The molecule has 0 atom stereocenters. The number of benzene rings is 3. The van der Waals surface area contributed by atoms with Crippen molar-refractivity contribution >= 4 is 33.7 Å². The van der Waals surface area contributed by atoms with Gasteiger partial charge in [-0.15, -0.1) is 0 Å². The molecule has 1 aliphatic carbocycles. The molecule has 0 saturated heterocycles. The van der Waals surface area contributed by atoms with E-state index in [9.17, 15) is 14.4 Å². The highest BCUT2D eigenvalue weighted by atomic mass is 79.9. The van der Waals surface area contributed by atoms with Gasteiger partial charge in [0.25, 0.3) is 17.7 Å². The summed E-state index contributed by atoms with van der Waals surface area (Å²) in [5.41, 5.74) is 3.94. The van der Waals surface area contributed by atoms with Crippen LogP contribution >= 0.6 is 15.9 Å². The fraction of sp³-hybridized carbons (Fsp3) is 0.258. The Bertz CT molecular complexity index is 1450. The van der Waals surface area contributed by atoms with E-state index in [1.165, 1.54) is 4.90 Å². The molecular weight excluding hydrogens is 560 g/mol. The molecule has 0 unspecified atom stereocenters. The first-order chi connectivity index (χ1) is 18.9. The van der Waals surface area contributed by atoms with E-state index in [0.717, 1.165) is 42.5 Å². The van der Waals surface area contributed by atoms with Gasteiger partial charge >= 0.3 is 0 Å². The van der Waals surface area contributed by atoms with E-state index in [-0.39, 0.29) is 24.3 Å². The van der Waals surface area contributed by atoms with Gasteiger partial charge in [0.15, 0.2) is 0 Å². The first kappa shape index (κ1) is 26.7. The maximum absolute atomic E-state index is 14.0. The lowest BCUT2D eigenvalue weighted by molar-refractivity contribution is 0.0641. The van der Waals surface area contributed by atoms with Crippen molar-refractivity contribution in [1.82, 2.24) is 9.80 Å². The zero-order valence-corrected chi connectivity index (χ0v) is 23.5. The van der Waals surface area contributed by atoms with Crippen molar-refractivity contribution in [2.75, 3.05) is 14.2 Å². The molecule has 39 heavy (non-hydrogen) atoms. The number of hydrogen-bond donors (Lipinski definition) is 0. The third kappa shape index (κ3) is 5.34. The molecule has 8 heteroatoms. The van der Waals surface area contributed by atoms with Gasteiger partial charge in [0, 0.05) is 21.8 Å². The van der Waals surface area contributed by atoms with Crippen LogP contribution in [0.3, 0.4) is 0 Å². The smallest absolute Gasteiger partial charge is 0.261 e. The Hall–Kier alpha value is -3.91. The lowest BCUT2D eigenvalue weighted by Gasteiger charge is -2.29. The van der Waals surface area contributed by atoms with E-state index in [1.54, 1.807) is 56.7 Å².